The molecule has 0 fully saturated rings. The minimum Gasteiger partial charge on any atom is -0.493 e. The summed E-state index contributed by atoms with van der Waals surface area (Å²) in [5.74, 6) is -1.44. The molecule has 32 heavy (non-hydrogen) atoms. The number of hydrogen-bond donors (Lipinski definition) is 3. The van der Waals surface area contributed by atoms with Gasteiger partial charge in [-0.1, -0.05) is 23.7 Å². The highest BCUT2D eigenvalue weighted by atomic mass is 79.9. The van der Waals surface area contributed by atoms with Gasteiger partial charge >= 0.3 is 11.8 Å². The Hall–Kier alpha value is -3.11. The highest BCUT2D eigenvalue weighted by molar-refractivity contribution is 9.10. The molecule has 0 radical (unpaired) electrons. The van der Waals surface area contributed by atoms with Gasteiger partial charge in [0.05, 0.1) is 28.5 Å². The van der Waals surface area contributed by atoms with Gasteiger partial charge < -0.3 is 20.1 Å². The van der Waals surface area contributed by atoms with Crippen LogP contribution >= 0.6 is 27.5 Å². The van der Waals surface area contributed by atoms with Crippen LogP contribution in [-0.4, -0.2) is 43.7 Å². The summed E-state index contributed by atoms with van der Waals surface area (Å²) >= 11 is 9.40. The van der Waals surface area contributed by atoms with Crippen LogP contribution < -0.4 is 25.5 Å². The number of hydrogen-bond acceptors (Lipinski definition) is 6. The second kappa shape index (κ2) is 12.1. The first kappa shape index (κ1) is 25.2. The Morgan fingerprint density at radius 2 is 1.91 bits per heavy atom. The molecule has 3 amide bonds. The summed E-state index contributed by atoms with van der Waals surface area (Å²) in [7, 11) is 1.44. The molecule has 11 heteroatoms. The molecule has 0 bridgehead atoms. The zero-order chi connectivity index (χ0) is 23.7. The predicted molar refractivity (Wildman–Crippen MR) is 125 cm³/mol. The first-order valence-electron chi connectivity index (χ1n) is 9.39. The molecule has 0 aromatic heterocycles. The van der Waals surface area contributed by atoms with Gasteiger partial charge in [-0.05, 0) is 59.6 Å². The Kier molecular flexibility index (Phi) is 9.48. The second-order valence-corrected chi connectivity index (χ2v) is 7.94. The third-order valence-corrected chi connectivity index (χ3v) is 4.67. The molecule has 3 N–H and O–H groups in total. The number of nitrogens with one attached hydrogen (secondary N) is 3. The summed E-state index contributed by atoms with van der Waals surface area (Å²) in [5, 5.41) is 9.30. The molecule has 0 spiro atoms. The van der Waals surface area contributed by atoms with Crippen LogP contribution in [0.4, 0.5) is 5.69 Å². The minimum absolute atomic E-state index is 0.170. The standard InChI is InChI=1S/C21H22BrClN4O5/c1-12(2)25-20(29)21(30)27-24-10-13-8-14(22)19(17(9-13)31-3)32-11-18(28)26-16-7-5-4-6-15(16)23/h4-10,12H,11H2,1-3H3,(H,25,29)(H,26,28)(H,27,30)/b24-10-. The van der Waals surface area contributed by atoms with Crippen molar-refractivity contribution < 1.29 is 23.9 Å². The zero-order valence-corrected chi connectivity index (χ0v) is 19.9. The molecule has 0 saturated carbocycles. The average Bonchev–Trinajstić information content (AvgIpc) is 2.73. The molecule has 0 heterocycles. The third-order valence-electron chi connectivity index (χ3n) is 3.75. The number of carbonyl (C=O) groups excluding carboxylic acids is 3. The Morgan fingerprint density at radius 1 is 1.19 bits per heavy atom. The van der Waals surface area contributed by atoms with Crippen molar-refractivity contribution in [3.05, 3.63) is 51.5 Å². The molecule has 0 aliphatic rings. The summed E-state index contributed by atoms with van der Waals surface area (Å²) in [6.07, 6.45) is 1.34. The van der Waals surface area contributed by atoms with Gasteiger partial charge in [0.2, 0.25) is 0 Å². The number of hydrazone groups is 1. The van der Waals surface area contributed by atoms with Crippen LogP contribution in [-0.2, 0) is 14.4 Å². The maximum atomic E-state index is 12.2. The Morgan fingerprint density at radius 3 is 2.56 bits per heavy atom. The van der Waals surface area contributed by atoms with Crippen LogP contribution in [0, 0.1) is 0 Å². The number of amides is 3. The first-order chi connectivity index (χ1) is 15.2. The Bertz CT molecular complexity index is 1030. The number of halogens is 2. The fourth-order valence-electron chi connectivity index (χ4n) is 2.38. The smallest absolute Gasteiger partial charge is 0.329 e. The van der Waals surface area contributed by atoms with E-state index in [1.807, 2.05) is 0 Å². The topological polar surface area (TPSA) is 118 Å². The van der Waals surface area contributed by atoms with Gasteiger partial charge in [-0.15, -0.1) is 0 Å². The lowest BCUT2D eigenvalue weighted by molar-refractivity contribution is -0.139. The van der Waals surface area contributed by atoms with E-state index < -0.39 is 17.7 Å². The van der Waals surface area contributed by atoms with Gasteiger partial charge in [0.1, 0.15) is 0 Å². The lowest BCUT2D eigenvalue weighted by Crippen LogP contribution is -2.41. The van der Waals surface area contributed by atoms with Crippen LogP contribution in [0.25, 0.3) is 0 Å². The molecule has 0 atom stereocenters. The van der Waals surface area contributed by atoms with E-state index in [-0.39, 0.29) is 12.6 Å². The number of anilines is 1. The lowest BCUT2D eigenvalue weighted by Gasteiger charge is -2.14. The van der Waals surface area contributed by atoms with Crippen LogP contribution in [0.3, 0.4) is 0 Å². The van der Waals surface area contributed by atoms with Gasteiger partial charge in [-0.25, -0.2) is 5.43 Å². The van der Waals surface area contributed by atoms with Gasteiger partial charge in [0.25, 0.3) is 5.91 Å². The molecule has 0 aliphatic carbocycles. The summed E-state index contributed by atoms with van der Waals surface area (Å²) in [6.45, 7) is 3.19. The van der Waals surface area contributed by atoms with Gasteiger partial charge in [0, 0.05) is 6.04 Å². The molecule has 9 nitrogen and oxygen atoms in total. The third kappa shape index (κ3) is 7.54. The van der Waals surface area contributed by atoms with E-state index >= 15 is 0 Å². The van der Waals surface area contributed by atoms with Crippen LogP contribution in [0.5, 0.6) is 11.5 Å². The molecule has 2 aromatic carbocycles. The summed E-state index contributed by atoms with van der Waals surface area (Å²) < 4.78 is 11.4. The normalized spacial score (nSPS) is 10.7. The molecule has 2 rings (SSSR count). The molecular weight excluding hydrogens is 504 g/mol. The molecule has 2 aromatic rings. The number of methoxy groups -OCH3 is 1. The number of nitrogens with zero attached hydrogens (tertiary/aromatic N) is 1. The summed E-state index contributed by atoms with van der Waals surface area (Å²) in [4.78, 5) is 35.4. The van der Waals surface area contributed by atoms with E-state index in [4.69, 9.17) is 21.1 Å². The maximum Gasteiger partial charge on any atom is 0.329 e. The van der Waals surface area contributed by atoms with Crippen molar-refractivity contribution >= 4 is 57.2 Å². The Balaban J connectivity index is 2.02. The monoisotopic (exact) mass is 524 g/mol. The molecule has 0 unspecified atom stereocenters. The van der Waals surface area contributed by atoms with E-state index in [9.17, 15) is 14.4 Å². The van der Waals surface area contributed by atoms with E-state index in [0.717, 1.165) is 0 Å². The zero-order valence-electron chi connectivity index (χ0n) is 17.6. The van der Waals surface area contributed by atoms with Crippen molar-refractivity contribution in [3.8, 4) is 11.5 Å². The van der Waals surface area contributed by atoms with Gasteiger partial charge in [-0.3, -0.25) is 14.4 Å². The van der Waals surface area contributed by atoms with Crippen molar-refractivity contribution in [3.63, 3.8) is 0 Å². The van der Waals surface area contributed by atoms with E-state index in [2.05, 4.69) is 37.1 Å². The largest absolute Gasteiger partial charge is 0.493 e. The van der Waals surface area contributed by atoms with Crippen LogP contribution in [0.2, 0.25) is 5.02 Å². The fourth-order valence-corrected chi connectivity index (χ4v) is 3.14. The first-order valence-corrected chi connectivity index (χ1v) is 10.6. The number of ether oxygens (including phenoxy) is 2. The SMILES string of the molecule is COc1cc(/C=N\NC(=O)C(=O)NC(C)C)cc(Br)c1OCC(=O)Nc1ccccc1Cl. The molecule has 0 saturated heterocycles. The van der Waals surface area contributed by atoms with E-state index in [0.29, 0.717) is 32.2 Å². The van der Waals surface area contributed by atoms with Gasteiger partial charge in [0.15, 0.2) is 18.1 Å². The number of carbonyl (C=O) groups is 3. The summed E-state index contributed by atoms with van der Waals surface area (Å²) in [6, 6.07) is 9.92. The van der Waals surface area contributed by atoms with Gasteiger partial charge in [-0.2, -0.15) is 5.10 Å². The highest BCUT2D eigenvalue weighted by Gasteiger charge is 2.15. The Labute approximate surface area is 198 Å². The van der Waals surface area contributed by atoms with E-state index in [1.54, 1.807) is 50.2 Å². The van der Waals surface area contributed by atoms with Crippen molar-refractivity contribution in [2.24, 2.45) is 5.10 Å². The highest BCUT2D eigenvalue weighted by Crippen LogP contribution is 2.36. The number of rotatable bonds is 8. The molecule has 0 aliphatic heterocycles. The lowest BCUT2D eigenvalue weighted by atomic mass is 10.2. The van der Waals surface area contributed by atoms with Crippen molar-refractivity contribution in [2.75, 3.05) is 19.0 Å². The van der Waals surface area contributed by atoms with Crippen LogP contribution in [0.1, 0.15) is 19.4 Å². The fraction of sp³-hybridized carbons (Fsp3) is 0.238. The summed E-state index contributed by atoms with van der Waals surface area (Å²) in [5.41, 5.74) is 3.17. The maximum absolute atomic E-state index is 12.2. The van der Waals surface area contributed by atoms with Crippen molar-refractivity contribution in [1.29, 1.82) is 0 Å². The van der Waals surface area contributed by atoms with E-state index in [1.165, 1.54) is 13.3 Å². The average molecular weight is 526 g/mol. The predicted octanol–water partition coefficient (Wildman–Crippen LogP) is 3.10. The quantitative estimate of drug-likeness (QED) is 0.278. The number of benzene rings is 2. The molecular formula is C21H22BrClN4O5. The van der Waals surface area contributed by atoms with Crippen LogP contribution in [0.15, 0.2) is 46.0 Å². The minimum atomic E-state index is -0.884. The second-order valence-electron chi connectivity index (χ2n) is 6.68. The van der Waals surface area contributed by atoms with Crippen molar-refractivity contribution in [2.45, 2.75) is 19.9 Å². The number of para-hydroxylation sites is 1. The molecule has 170 valence electrons. The van der Waals surface area contributed by atoms with Crippen molar-refractivity contribution in [1.82, 2.24) is 10.7 Å².